The third kappa shape index (κ3) is 4.11. The first-order chi connectivity index (χ1) is 12.6. The molecular weight excluding hydrogens is 330 g/mol. The zero-order valence-corrected chi connectivity index (χ0v) is 15.5. The number of piperazine rings is 1. The van der Waals surface area contributed by atoms with E-state index in [0.29, 0.717) is 23.8 Å². The lowest BCUT2D eigenvalue weighted by Gasteiger charge is -2.32. The largest absolute Gasteiger partial charge is 0.496 e. The van der Waals surface area contributed by atoms with E-state index in [1.165, 1.54) is 0 Å². The third-order valence-corrected chi connectivity index (χ3v) is 4.63. The van der Waals surface area contributed by atoms with Gasteiger partial charge in [-0.15, -0.1) is 0 Å². The summed E-state index contributed by atoms with van der Waals surface area (Å²) < 4.78 is 5.31. The van der Waals surface area contributed by atoms with Crippen LogP contribution in [0, 0.1) is 6.92 Å². The molecule has 0 spiro atoms. The molecule has 1 saturated heterocycles. The van der Waals surface area contributed by atoms with Crippen LogP contribution in [0.5, 0.6) is 5.75 Å². The number of anilines is 1. The van der Waals surface area contributed by atoms with Gasteiger partial charge in [-0.3, -0.25) is 4.79 Å². The molecule has 26 heavy (non-hydrogen) atoms. The van der Waals surface area contributed by atoms with Crippen molar-refractivity contribution in [2.45, 2.75) is 13.5 Å². The predicted molar refractivity (Wildman–Crippen MR) is 101 cm³/mol. The van der Waals surface area contributed by atoms with Crippen LogP contribution < -0.4 is 15.0 Å². The fourth-order valence-electron chi connectivity index (χ4n) is 2.96. The molecule has 2 heterocycles. The number of hydrogen-bond acceptors (Lipinski definition) is 6. The van der Waals surface area contributed by atoms with Gasteiger partial charge in [0.25, 0.3) is 5.91 Å². The van der Waals surface area contributed by atoms with Crippen molar-refractivity contribution in [3.8, 4) is 5.75 Å². The smallest absolute Gasteiger partial charge is 0.254 e. The summed E-state index contributed by atoms with van der Waals surface area (Å²) in [5.74, 6) is 1.27. The lowest BCUT2D eigenvalue weighted by Crippen LogP contribution is -2.45. The van der Waals surface area contributed by atoms with Crippen molar-refractivity contribution in [3.63, 3.8) is 0 Å². The van der Waals surface area contributed by atoms with Crippen LogP contribution >= 0.6 is 0 Å². The molecule has 7 nitrogen and oxygen atoms in total. The van der Waals surface area contributed by atoms with Crippen molar-refractivity contribution in [2.24, 2.45) is 0 Å². The fraction of sp³-hybridized carbons (Fsp3) is 0.421. The summed E-state index contributed by atoms with van der Waals surface area (Å²) in [5.41, 5.74) is 2.11. The molecule has 1 N–H and O–H groups in total. The molecule has 1 aliphatic rings. The van der Waals surface area contributed by atoms with Crippen molar-refractivity contribution in [1.82, 2.24) is 20.2 Å². The molecule has 138 valence electrons. The van der Waals surface area contributed by atoms with Crippen LogP contribution in [0.4, 0.5) is 5.95 Å². The van der Waals surface area contributed by atoms with Crippen LogP contribution in [-0.4, -0.2) is 61.1 Å². The van der Waals surface area contributed by atoms with Gasteiger partial charge in [-0.05, 0) is 20.0 Å². The van der Waals surface area contributed by atoms with Crippen molar-refractivity contribution in [1.29, 1.82) is 0 Å². The van der Waals surface area contributed by atoms with Crippen LogP contribution in [-0.2, 0) is 6.54 Å². The van der Waals surface area contributed by atoms with Gasteiger partial charge in [-0.1, -0.05) is 18.2 Å². The highest BCUT2D eigenvalue weighted by molar-refractivity contribution is 5.95. The van der Waals surface area contributed by atoms with Gasteiger partial charge in [-0.25, -0.2) is 9.97 Å². The van der Waals surface area contributed by atoms with Gasteiger partial charge in [0, 0.05) is 44.5 Å². The molecule has 0 saturated carbocycles. The van der Waals surface area contributed by atoms with E-state index in [0.717, 1.165) is 37.5 Å². The Hall–Kier alpha value is -2.67. The van der Waals surface area contributed by atoms with E-state index < -0.39 is 0 Å². The monoisotopic (exact) mass is 355 g/mol. The standard InChI is InChI=1S/C19H25N5O2/c1-14-16(13-21-19(22-14)24-10-8-23(2)9-11-24)18(25)20-12-15-6-4-5-7-17(15)26-3/h4-7,13H,8-12H2,1-3H3,(H,20,25). The number of nitrogens with zero attached hydrogens (tertiary/aromatic N) is 4. The number of amides is 1. The van der Waals surface area contributed by atoms with Gasteiger partial charge in [-0.2, -0.15) is 0 Å². The molecule has 1 fully saturated rings. The minimum Gasteiger partial charge on any atom is -0.496 e. The number of aryl methyl sites for hydroxylation is 1. The summed E-state index contributed by atoms with van der Waals surface area (Å²) in [5, 5.41) is 2.92. The molecule has 3 rings (SSSR count). The first-order valence-corrected chi connectivity index (χ1v) is 8.75. The molecule has 0 aliphatic carbocycles. The Morgan fingerprint density at radius 1 is 1.23 bits per heavy atom. The molecule has 1 aromatic heterocycles. The maximum atomic E-state index is 12.5. The SMILES string of the molecule is COc1ccccc1CNC(=O)c1cnc(N2CCN(C)CC2)nc1C. The molecule has 1 aromatic carbocycles. The zero-order valence-electron chi connectivity index (χ0n) is 15.5. The highest BCUT2D eigenvalue weighted by atomic mass is 16.5. The van der Waals surface area contributed by atoms with Crippen molar-refractivity contribution >= 4 is 11.9 Å². The molecule has 0 atom stereocenters. The number of benzene rings is 1. The summed E-state index contributed by atoms with van der Waals surface area (Å²) in [6.45, 7) is 6.01. The highest BCUT2D eigenvalue weighted by Crippen LogP contribution is 2.17. The number of ether oxygens (including phenoxy) is 1. The quantitative estimate of drug-likeness (QED) is 0.876. The van der Waals surface area contributed by atoms with Gasteiger partial charge >= 0.3 is 0 Å². The molecule has 0 unspecified atom stereocenters. The van der Waals surface area contributed by atoms with Gasteiger partial charge in [0.05, 0.1) is 18.4 Å². The number of aromatic nitrogens is 2. The summed E-state index contributed by atoms with van der Waals surface area (Å²) in [4.78, 5) is 25.9. The molecule has 7 heteroatoms. The topological polar surface area (TPSA) is 70.6 Å². The van der Waals surface area contributed by atoms with E-state index >= 15 is 0 Å². The molecule has 1 aliphatic heterocycles. The van der Waals surface area contributed by atoms with E-state index in [4.69, 9.17) is 4.74 Å². The lowest BCUT2D eigenvalue weighted by atomic mass is 10.2. The fourth-order valence-corrected chi connectivity index (χ4v) is 2.96. The van der Waals surface area contributed by atoms with Gasteiger partial charge in [0.15, 0.2) is 0 Å². The maximum Gasteiger partial charge on any atom is 0.254 e. The molecule has 0 bridgehead atoms. The Balaban J connectivity index is 1.66. The summed E-state index contributed by atoms with van der Waals surface area (Å²) in [7, 11) is 3.73. The highest BCUT2D eigenvalue weighted by Gasteiger charge is 2.19. The van der Waals surface area contributed by atoms with Crippen LogP contribution in [0.2, 0.25) is 0 Å². The second-order valence-electron chi connectivity index (χ2n) is 6.45. The third-order valence-electron chi connectivity index (χ3n) is 4.63. The van der Waals surface area contributed by atoms with Crippen LogP contribution in [0.15, 0.2) is 30.5 Å². The Kier molecular flexibility index (Phi) is 5.68. The van der Waals surface area contributed by atoms with Gasteiger partial charge in [0.2, 0.25) is 5.95 Å². The van der Waals surface area contributed by atoms with E-state index in [1.807, 2.05) is 31.2 Å². The Bertz CT molecular complexity index is 772. The van der Waals surface area contributed by atoms with E-state index in [1.54, 1.807) is 13.3 Å². The second kappa shape index (κ2) is 8.14. The number of nitrogens with one attached hydrogen (secondary N) is 1. The number of methoxy groups -OCH3 is 1. The maximum absolute atomic E-state index is 12.5. The predicted octanol–water partition coefficient (Wildman–Crippen LogP) is 1.48. The number of hydrogen-bond donors (Lipinski definition) is 1. The normalized spacial score (nSPS) is 15.0. The van der Waals surface area contributed by atoms with Crippen LogP contribution in [0.1, 0.15) is 21.6 Å². The average molecular weight is 355 g/mol. The number of likely N-dealkylation sites (N-methyl/N-ethyl adjacent to an activating group) is 1. The van der Waals surface area contributed by atoms with E-state index in [9.17, 15) is 4.79 Å². The number of carbonyl (C=O) groups excluding carboxylic acids is 1. The van der Waals surface area contributed by atoms with Gasteiger partial charge in [0.1, 0.15) is 5.75 Å². The minimum atomic E-state index is -0.182. The van der Waals surface area contributed by atoms with E-state index in [2.05, 4.69) is 32.1 Å². The first kappa shape index (κ1) is 18.1. The number of carbonyl (C=O) groups is 1. The Morgan fingerprint density at radius 3 is 2.65 bits per heavy atom. The molecule has 1 amide bonds. The summed E-state index contributed by atoms with van der Waals surface area (Å²) in [6.07, 6.45) is 1.62. The molecule has 0 radical (unpaired) electrons. The van der Waals surface area contributed by atoms with E-state index in [-0.39, 0.29) is 5.91 Å². The lowest BCUT2D eigenvalue weighted by molar-refractivity contribution is 0.0949. The Morgan fingerprint density at radius 2 is 1.96 bits per heavy atom. The summed E-state index contributed by atoms with van der Waals surface area (Å²) in [6, 6.07) is 7.63. The molecular formula is C19H25N5O2. The first-order valence-electron chi connectivity index (χ1n) is 8.75. The van der Waals surface area contributed by atoms with Crippen molar-refractivity contribution in [2.75, 3.05) is 45.2 Å². The van der Waals surface area contributed by atoms with Crippen LogP contribution in [0.3, 0.4) is 0 Å². The van der Waals surface area contributed by atoms with Crippen LogP contribution in [0.25, 0.3) is 0 Å². The Labute approximate surface area is 154 Å². The zero-order chi connectivity index (χ0) is 18.5. The second-order valence-corrected chi connectivity index (χ2v) is 6.45. The minimum absolute atomic E-state index is 0.182. The summed E-state index contributed by atoms with van der Waals surface area (Å²) >= 11 is 0. The number of rotatable bonds is 5. The van der Waals surface area contributed by atoms with Gasteiger partial charge < -0.3 is 19.9 Å². The van der Waals surface area contributed by atoms with Crippen molar-refractivity contribution in [3.05, 3.63) is 47.3 Å². The average Bonchev–Trinajstić information content (AvgIpc) is 2.66. The number of para-hydroxylation sites is 1. The van der Waals surface area contributed by atoms with Crippen molar-refractivity contribution < 1.29 is 9.53 Å². The molecule has 2 aromatic rings.